The lowest BCUT2D eigenvalue weighted by Gasteiger charge is -2.05. The van der Waals surface area contributed by atoms with E-state index < -0.39 is 5.97 Å². The predicted molar refractivity (Wildman–Crippen MR) is 71.0 cm³/mol. The standard InChI is InChI=1S/C14H13O2P/c15-14(16)13-5-1-3-11(9-13)6-7-12-4-2-8-17-10-12/h1,3-5,9,17H,2,8,10H2,(H,15,16). The molecule has 3 heteroatoms. The van der Waals surface area contributed by atoms with Crippen molar-refractivity contribution in [1.82, 2.24) is 0 Å². The van der Waals surface area contributed by atoms with Crippen molar-refractivity contribution in [2.75, 3.05) is 12.3 Å². The van der Waals surface area contributed by atoms with Crippen LogP contribution in [0.5, 0.6) is 0 Å². The SMILES string of the molecule is O=C(O)c1cccc(C#CC2=CCCPC2)c1. The van der Waals surface area contributed by atoms with Gasteiger partial charge in [0.05, 0.1) is 5.56 Å². The highest BCUT2D eigenvalue weighted by atomic mass is 31.1. The molecule has 0 saturated heterocycles. The second kappa shape index (κ2) is 5.66. The summed E-state index contributed by atoms with van der Waals surface area (Å²) in [6.07, 6.45) is 5.66. The van der Waals surface area contributed by atoms with Gasteiger partial charge < -0.3 is 5.11 Å². The minimum absolute atomic E-state index is 0.288. The molecule has 1 aromatic rings. The van der Waals surface area contributed by atoms with Crippen molar-refractivity contribution < 1.29 is 9.90 Å². The smallest absolute Gasteiger partial charge is 0.335 e. The van der Waals surface area contributed by atoms with Crippen LogP contribution in [0, 0.1) is 11.8 Å². The first-order chi connectivity index (χ1) is 8.25. The molecule has 0 bridgehead atoms. The van der Waals surface area contributed by atoms with E-state index in [1.807, 2.05) is 6.07 Å². The Bertz CT molecular complexity index is 521. The van der Waals surface area contributed by atoms with Gasteiger partial charge in [0.2, 0.25) is 0 Å². The lowest BCUT2D eigenvalue weighted by Crippen LogP contribution is -1.96. The van der Waals surface area contributed by atoms with Gasteiger partial charge in [-0.25, -0.2) is 4.79 Å². The summed E-state index contributed by atoms with van der Waals surface area (Å²) < 4.78 is 0. The van der Waals surface area contributed by atoms with Gasteiger partial charge in [0, 0.05) is 11.1 Å². The largest absolute Gasteiger partial charge is 0.478 e. The Morgan fingerprint density at radius 2 is 2.24 bits per heavy atom. The Hall–Kier alpha value is -1.58. The number of carboxylic acid groups (broad SMARTS) is 1. The highest BCUT2D eigenvalue weighted by molar-refractivity contribution is 7.38. The Morgan fingerprint density at radius 3 is 2.94 bits per heavy atom. The molecular formula is C14H13O2P. The molecule has 1 aliphatic heterocycles. The topological polar surface area (TPSA) is 37.3 Å². The molecule has 0 saturated carbocycles. The van der Waals surface area contributed by atoms with Crippen LogP contribution < -0.4 is 0 Å². The minimum Gasteiger partial charge on any atom is -0.478 e. The van der Waals surface area contributed by atoms with Gasteiger partial charge >= 0.3 is 5.97 Å². The van der Waals surface area contributed by atoms with Crippen molar-refractivity contribution in [3.05, 3.63) is 47.0 Å². The van der Waals surface area contributed by atoms with Crippen molar-refractivity contribution in [2.24, 2.45) is 0 Å². The highest BCUT2D eigenvalue weighted by Crippen LogP contribution is 2.21. The summed E-state index contributed by atoms with van der Waals surface area (Å²) in [6, 6.07) is 6.76. The maximum absolute atomic E-state index is 10.8. The van der Waals surface area contributed by atoms with Gasteiger partial charge in [0.25, 0.3) is 0 Å². The van der Waals surface area contributed by atoms with E-state index in [0.717, 1.165) is 26.7 Å². The summed E-state index contributed by atoms with van der Waals surface area (Å²) in [5.74, 6) is 5.25. The first-order valence-corrected chi connectivity index (χ1v) is 6.92. The minimum atomic E-state index is -0.910. The van der Waals surface area contributed by atoms with E-state index in [-0.39, 0.29) is 5.56 Å². The molecule has 1 N–H and O–H groups in total. The molecule has 1 aliphatic rings. The van der Waals surface area contributed by atoms with Gasteiger partial charge in [-0.05, 0) is 36.9 Å². The molecule has 1 aromatic carbocycles. The average molecular weight is 244 g/mol. The third kappa shape index (κ3) is 3.44. The fraction of sp³-hybridized carbons (Fsp3) is 0.214. The van der Waals surface area contributed by atoms with Crippen LogP contribution in [0.2, 0.25) is 0 Å². The molecule has 0 aliphatic carbocycles. The molecule has 1 atom stereocenters. The van der Waals surface area contributed by atoms with E-state index in [0.29, 0.717) is 0 Å². The van der Waals surface area contributed by atoms with Crippen LogP contribution in [0.25, 0.3) is 0 Å². The van der Waals surface area contributed by atoms with Crippen LogP contribution in [0.4, 0.5) is 0 Å². The quantitative estimate of drug-likeness (QED) is 0.609. The summed E-state index contributed by atoms with van der Waals surface area (Å²) in [5, 5.41) is 8.87. The summed E-state index contributed by atoms with van der Waals surface area (Å²) in [6.45, 7) is 0. The maximum Gasteiger partial charge on any atom is 0.335 e. The van der Waals surface area contributed by atoms with Crippen LogP contribution in [-0.4, -0.2) is 23.4 Å². The molecule has 2 rings (SSSR count). The van der Waals surface area contributed by atoms with E-state index in [1.54, 1.807) is 18.2 Å². The molecule has 0 spiro atoms. The second-order valence-corrected chi connectivity index (χ2v) is 5.18. The fourth-order valence-corrected chi connectivity index (χ4v) is 2.65. The van der Waals surface area contributed by atoms with Gasteiger partial charge in [0.1, 0.15) is 0 Å². The first kappa shape index (κ1) is 11.9. The Morgan fingerprint density at radius 1 is 1.35 bits per heavy atom. The van der Waals surface area contributed by atoms with E-state index in [2.05, 4.69) is 17.9 Å². The number of carboxylic acids is 1. The summed E-state index contributed by atoms with van der Waals surface area (Å²) in [5.41, 5.74) is 2.24. The van der Waals surface area contributed by atoms with Gasteiger partial charge in [-0.15, -0.1) is 8.58 Å². The van der Waals surface area contributed by atoms with Gasteiger partial charge in [-0.3, -0.25) is 0 Å². The zero-order chi connectivity index (χ0) is 12.1. The molecule has 17 heavy (non-hydrogen) atoms. The molecule has 86 valence electrons. The molecule has 0 radical (unpaired) electrons. The Kier molecular flexibility index (Phi) is 3.96. The molecule has 1 heterocycles. The zero-order valence-corrected chi connectivity index (χ0v) is 10.4. The molecule has 0 fully saturated rings. The number of benzene rings is 1. The number of aromatic carboxylic acids is 1. The normalized spacial score (nSPS) is 15.9. The van der Waals surface area contributed by atoms with E-state index >= 15 is 0 Å². The summed E-state index contributed by atoms with van der Waals surface area (Å²) >= 11 is 0. The van der Waals surface area contributed by atoms with E-state index in [9.17, 15) is 4.79 Å². The van der Waals surface area contributed by atoms with E-state index in [1.165, 1.54) is 11.7 Å². The summed E-state index contributed by atoms with van der Waals surface area (Å²) in [7, 11) is 0.978. The first-order valence-electron chi connectivity index (χ1n) is 5.51. The van der Waals surface area contributed by atoms with Crippen molar-refractivity contribution in [1.29, 1.82) is 0 Å². The molecule has 0 aromatic heterocycles. The van der Waals surface area contributed by atoms with Crippen molar-refractivity contribution in [3.63, 3.8) is 0 Å². The third-order valence-electron chi connectivity index (χ3n) is 2.50. The highest BCUT2D eigenvalue weighted by Gasteiger charge is 2.02. The van der Waals surface area contributed by atoms with E-state index in [4.69, 9.17) is 5.11 Å². The number of rotatable bonds is 1. The van der Waals surface area contributed by atoms with Crippen molar-refractivity contribution in [2.45, 2.75) is 6.42 Å². The second-order valence-electron chi connectivity index (χ2n) is 3.83. The molecule has 0 amide bonds. The van der Waals surface area contributed by atoms with Crippen LogP contribution in [-0.2, 0) is 0 Å². The molecule has 1 unspecified atom stereocenters. The number of hydrogen-bond acceptors (Lipinski definition) is 1. The average Bonchev–Trinajstić information content (AvgIpc) is 2.38. The van der Waals surface area contributed by atoms with Crippen LogP contribution in [0.1, 0.15) is 22.3 Å². The Labute approximate surface area is 103 Å². The van der Waals surface area contributed by atoms with Crippen molar-refractivity contribution in [3.8, 4) is 11.8 Å². The summed E-state index contributed by atoms with van der Waals surface area (Å²) in [4.78, 5) is 10.8. The predicted octanol–water partition coefficient (Wildman–Crippen LogP) is 2.74. The lowest BCUT2D eigenvalue weighted by atomic mass is 10.1. The Balaban J connectivity index is 2.18. The molecular weight excluding hydrogens is 231 g/mol. The van der Waals surface area contributed by atoms with Crippen LogP contribution >= 0.6 is 8.58 Å². The van der Waals surface area contributed by atoms with Gasteiger partial charge in [-0.1, -0.05) is 24.0 Å². The van der Waals surface area contributed by atoms with Crippen LogP contribution in [0.15, 0.2) is 35.9 Å². The van der Waals surface area contributed by atoms with Crippen LogP contribution in [0.3, 0.4) is 0 Å². The number of carbonyl (C=O) groups is 1. The third-order valence-corrected chi connectivity index (χ3v) is 3.78. The fourth-order valence-electron chi connectivity index (χ4n) is 1.62. The van der Waals surface area contributed by atoms with Gasteiger partial charge in [0.15, 0.2) is 0 Å². The maximum atomic E-state index is 10.8. The van der Waals surface area contributed by atoms with Crippen molar-refractivity contribution >= 4 is 14.6 Å². The number of hydrogen-bond donors (Lipinski definition) is 1. The molecule has 2 nitrogen and oxygen atoms in total. The zero-order valence-electron chi connectivity index (χ0n) is 9.36. The monoisotopic (exact) mass is 244 g/mol. The number of allylic oxidation sites excluding steroid dienone is 2. The lowest BCUT2D eigenvalue weighted by molar-refractivity contribution is 0.0697. The van der Waals surface area contributed by atoms with Gasteiger partial charge in [-0.2, -0.15) is 0 Å².